The second-order valence-corrected chi connectivity index (χ2v) is 6.95. The van der Waals surface area contributed by atoms with E-state index in [2.05, 4.69) is 4.90 Å². The van der Waals surface area contributed by atoms with Crippen LogP contribution in [0, 0.1) is 5.92 Å². The van der Waals surface area contributed by atoms with Gasteiger partial charge in [0.2, 0.25) is 0 Å². The van der Waals surface area contributed by atoms with Crippen LogP contribution in [0.4, 0.5) is 0 Å². The molecule has 1 spiro atoms. The van der Waals surface area contributed by atoms with E-state index in [1.54, 1.807) is 0 Å². The Labute approximate surface area is 115 Å². The first-order valence-electron chi connectivity index (χ1n) is 8.05. The molecule has 2 N–H and O–H groups in total. The predicted octanol–water partition coefficient (Wildman–Crippen LogP) is 1.48. The van der Waals surface area contributed by atoms with Gasteiger partial charge < -0.3 is 15.2 Å². The molecule has 4 aliphatic rings. The van der Waals surface area contributed by atoms with E-state index in [0.717, 1.165) is 44.4 Å². The average molecular weight is 266 g/mol. The molecular formula is C15H26N2O2. The first-order valence-corrected chi connectivity index (χ1v) is 8.05. The second kappa shape index (κ2) is 4.69. The Bertz CT molecular complexity index is 335. The average Bonchev–Trinajstić information content (AvgIpc) is 3.31. The van der Waals surface area contributed by atoms with E-state index in [-0.39, 0.29) is 5.79 Å². The standard InChI is InChI=1S/C15H26N2O2/c16-13-5-6-15(18-7-8-19-15)9-14(13)17(12-3-4-12)10-11-1-2-11/h11-14H,1-10,16H2. The monoisotopic (exact) mass is 266 g/mol. The number of hydrogen-bond donors (Lipinski definition) is 1. The van der Waals surface area contributed by atoms with Gasteiger partial charge in [-0.05, 0) is 38.0 Å². The number of hydrogen-bond acceptors (Lipinski definition) is 4. The van der Waals surface area contributed by atoms with E-state index in [9.17, 15) is 0 Å². The SMILES string of the molecule is NC1CCC2(CC1N(CC1CC1)C1CC1)OCCO2. The highest BCUT2D eigenvalue weighted by molar-refractivity contribution is 5.00. The Kier molecular flexibility index (Phi) is 3.10. The van der Waals surface area contributed by atoms with Crippen molar-refractivity contribution in [1.82, 2.24) is 4.90 Å². The molecule has 3 aliphatic carbocycles. The molecule has 0 aromatic carbocycles. The summed E-state index contributed by atoms with van der Waals surface area (Å²) in [7, 11) is 0. The summed E-state index contributed by atoms with van der Waals surface area (Å²) in [5, 5.41) is 0. The Morgan fingerprint density at radius 3 is 2.42 bits per heavy atom. The lowest BCUT2D eigenvalue weighted by molar-refractivity contribution is -0.192. The zero-order chi connectivity index (χ0) is 12.9. The Morgan fingerprint density at radius 2 is 1.79 bits per heavy atom. The minimum Gasteiger partial charge on any atom is -0.347 e. The largest absolute Gasteiger partial charge is 0.347 e. The number of nitrogens with zero attached hydrogens (tertiary/aromatic N) is 1. The first-order chi connectivity index (χ1) is 9.26. The van der Waals surface area contributed by atoms with Crippen molar-refractivity contribution in [3.05, 3.63) is 0 Å². The van der Waals surface area contributed by atoms with Crippen molar-refractivity contribution in [2.75, 3.05) is 19.8 Å². The Morgan fingerprint density at radius 1 is 1.05 bits per heavy atom. The highest BCUT2D eigenvalue weighted by Gasteiger charge is 2.49. The van der Waals surface area contributed by atoms with E-state index >= 15 is 0 Å². The third kappa shape index (κ3) is 2.56. The lowest BCUT2D eigenvalue weighted by atomic mass is 9.85. The third-order valence-corrected chi connectivity index (χ3v) is 5.29. The molecular weight excluding hydrogens is 240 g/mol. The first kappa shape index (κ1) is 12.6. The van der Waals surface area contributed by atoms with Crippen LogP contribution >= 0.6 is 0 Å². The highest BCUT2D eigenvalue weighted by Crippen LogP contribution is 2.42. The second-order valence-electron chi connectivity index (χ2n) is 6.95. The molecule has 108 valence electrons. The molecule has 2 unspecified atom stereocenters. The molecule has 1 saturated heterocycles. The van der Waals surface area contributed by atoms with Crippen molar-refractivity contribution < 1.29 is 9.47 Å². The lowest BCUT2D eigenvalue weighted by Crippen LogP contribution is -2.57. The summed E-state index contributed by atoms with van der Waals surface area (Å²) in [6, 6.07) is 1.57. The van der Waals surface area contributed by atoms with Gasteiger partial charge in [-0.2, -0.15) is 0 Å². The fourth-order valence-electron chi connectivity index (χ4n) is 3.83. The summed E-state index contributed by atoms with van der Waals surface area (Å²) in [5.74, 6) is 0.646. The molecule has 0 amide bonds. The van der Waals surface area contributed by atoms with Crippen molar-refractivity contribution in [2.24, 2.45) is 11.7 Å². The molecule has 4 nitrogen and oxygen atoms in total. The van der Waals surface area contributed by atoms with Crippen molar-refractivity contribution >= 4 is 0 Å². The summed E-state index contributed by atoms with van der Waals surface area (Å²) < 4.78 is 11.9. The van der Waals surface area contributed by atoms with Crippen LogP contribution in [0.2, 0.25) is 0 Å². The minimum absolute atomic E-state index is 0.294. The van der Waals surface area contributed by atoms with Gasteiger partial charge in [-0.25, -0.2) is 0 Å². The fourth-order valence-corrected chi connectivity index (χ4v) is 3.83. The van der Waals surface area contributed by atoms with Crippen molar-refractivity contribution in [1.29, 1.82) is 0 Å². The quantitative estimate of drug-likeness (QED) is 0.837. The van der Waals surface area contributed by atoms with Gasteiger partial charge in [0.15, 0.2) is 5.79 Å². The molecule has 0 bridgehead atoms. The van der Waals surface area contributed by atoms with E-state index in [1.165, 1.54) is 32.2 Å². The summed E-state index contributed by atoms with van der Waals surface area (Å²) in [4.78, 5) is 2.72. The van der Waals surface area contributed by atoms with Crippen LogP contribution in [0.5, 0.6) is 0 Å². The normalized spacial score (nSPS) is 38.2. The molecule has 4 fully saturated rings. The molecule has 3 saturated carbocycles. The molecule has 1 aliphatic heterocycles. The van der Waals surface area contributed by atoms with Crippen LogP contribution < -0.4 is 5.73 Å². The van der Waals surface area contributed by atoms with E-state index < -0.39 is 0 Å². The molecule has 4 heteroatoms. The maximum absolute atomic E-state index is 6.44. The maximum Gasteiger partial charge on any atom is 0.170 e. The summed E-state index contributed by atoms with van der Waals surface area (Å²) in [6.07, 6.45) is 8.57. The van der Waals surface area contributed by atoms with Crippen LogP contribution in [-0.4, -0.2) is 48.6 Å². The number of ether oxygens (including phenoxy) is 2. The minimum atomic E-state index is -0.294. The zero-order valence-electron chi connectivity index (χ0n) is 11.7. The van der Waals surface area contributed by atoms with Gasteiger partial charge >= 0.3 is 0 Å². The summed E-state index contributed by atoms with van der Waals surface area (Å²) in [6.45, 7) is 2.78. The van der Waals surface area contributed by atoms with Crippen LogP contribution in [0.15, 0.2) is 0 Å². The Balaban J connectivity index is 1.49. The molecule has 0 aromatic rings. The van der Waals surface area contributed by atoms with Crippen LogP contribution in [0.1, 0.15) is 44.9 Å². The van der Waals surface area contributed by atoms with E-state index in [0.29, 0.717) is 12.1 Å². The molecule has 0 radical (unpaired) electrons. The Hall–Kier alpha value is -0.160. The van der Waals surface area contributed by atoms with Gasteiger partial charge in [-0.15, -0.1) is 0 Å². The molecule has 2 atom stereocenters. The molecule has 0 aromatic heterocycles. The van der Waals surface area contributed by atoms with Gasteiger partial charge in [0.1, 0.15) is 0 Å². The van der Waals surface area contributed by atoms with Gasteiger partial charge in [0.05, 0.1) is 13.2 Å². The molecule has 1 heterocycles. The maximum atomic E-state index is 6.44. The van der Waals surface area contributed by atoms with E-state index in [1.807, 2.05) is 0 Å². The van der Waals surface area contributed by atoms with Gasteiger partial charge in [-0.3, -0.25) is 4.90 Å². The summed E-state index contributed by atoms with van der Waals surface area (Å²) >= 11 is 0. The van der Waals surface area contributed by atoms with E-state index in [4.69, 9.17) is 15.2 Å². The zero-order valence-corrected chi connectivity index (χ0v) is 11.7. The van der Waals surface area contributed by atoms with Crippen LogP contribution in [-0.2, 0) is 9.47 Å². The highest BCUT2D eigenvalue weighted by atomic mass is 16.7. The van der Waals surface area contributed by atoms with Crippen molar-refractivity contribution in [2.45, 2.75) is 68.9 Å². The number of rotatable bonds is 4. The summed E-state index contributed by atoms with van der Waals surface area (Å²) in [5.41, 5.74) is 6.44. The fraction of sp³-hybridized carbons (Fsp3) is 1.00. The third-order valence-electron chi connectivity index (χ3n) is 5.29. The van der Waals surface area contributed by atoms with Gasteiger partial charge in [0, 0.05) is 37.5 Å². The smallest absolute Gasteiger partial charge is 0.170 e. The lowest BCUT2D eigenvalue weighted by Gasteiger charge is -2.45. The predicted molar refractivity (Wildman–Crippen MR) is 72.7 cm³/mol. The van der Waals surface area contributed by atoms with Crippen LogP contribution in [0.3, 0.4) is 0 Å². The molecule has 19 heavy (non-hydrogen) atoms. The van der Waals surface area contributed by atoms with Gasteiger partial charge in [0.25, 0.3) is 0 Å². The van der Waals surface area contributed by atoms with Crippen molar-refractivity contribution in [3.8, 4) is 0 Å². The van der Waals surface area contributed by atoms with Gasteiger partial charge in [-0.1, -0.05) is 0 Å². The number of nitrogens with two attached hydrogens (primary N) is 1. The van der Waals surface area contributed by atoms with Crippen molar-refractivity contribution in [3.63, 3.8) is 0 Å². The van der Waals surface area contributed by atoms with Crippen LogP contribution in [0.25, 0.3) is 0 Å². The topological polar surface area (TPSA) is 47.7 Å². The molecule has 4 rings (SSSR count).